The van der Waals surface area contributed by atoms with E-state index in [4.69, 9.17) is 0 Å². The van der Waals surface area contributed by atoms with Gasteiger partial charge in [-0.05, 0) is 52.0 Å². The number of rotatable bonds is 9. The van der Waals surface area contributed by atoms with Crippen LogP contribution in [-0.4, -0.2) is 30.3 Å². The van der Waals surface area contributed by atoms with Gasteiger partial charge in [0, 0.05) is 0 Å². The molecule has 0 radical (unpaired) electrons. The van der Waals surface area contributed by atoms with Gasteiger partial charge >= 0.3 is 0 Å². The highest BCUT2D eigenvalue weighted by atomic mass is 32.2. The quantitative estimate of drug-likeness (QED) is 0.213. The summed E-state index contributed by atoms with van der Waals surface area (Å²) >= 11 is 3.22. The Morgan fingerprint density at radius 2 is 0.667 bits per heavy atom. The van der Waals surface area contributed by atoms with Crippen molar-refractivity contribution in [1.82, 2.24) is 15.0 Å². The molecule has 1 heterocycles. The smallest absolute Gasteiger partial charge is 0.195 e. The molecule has 0 saturated heterocycles. The van der Waals surface area contributed by atoms with Crippen LogP contribution in [0.3, 0.4) is 0 Å². The first-order chi connectivity index (χ1) is 16.1. The van der Waals surface area contributed by atoms with Crippen molar-refractivity contribution in [3.8, 4) is 0 Å². The highest BCUT2D eigenvalue weighted by Gasteiger charge is 2.19. The number of thioether (sulfide) groups is 3. The van der Waals surface area contributed by atoms with Gasteiger partial charge in [-0.3, -0.25) is 0 Å². The molecule has 3 N–H and O–H groups in total. The Balaban J connectivity index is 1.59. The standard InChI is InChI=1S/C24H21N3O3S3/c28-19(16-10-4-1-5-11-16)31-22-25-23(32-20(29)17-12-6-2-7-13-17)27-24(26-22)33-21(30)18-14-8-3-9-15-18/h1-15,19-21,28-30H. The molecule has 9 heteroatoms. The van der Waals surface area contributed by atoms with Crippen LogP contribution < -0.4 is 0 Å². The van der Waals surface area contributed by atoms with Gasteiger partial charge < -0.3 is 15.3 Å². The van der Waals surface area contributed by atoms with Gasteiger partial charge in [-0.2, -0.15) is 15.0 Å². The Hall–Kier alpha value is -2.40. The third kappa shape index (κ3) is 6.80. The molecule has 0 aliphatic heterocycles. The number of hydrogen-bond acceptors (Lipinski definition) is 9. The van der Waals surface area contributed by atoms with Crippen LogP contribution in [0.25, 0.3) is 0 Å². The number of aromatic nitrogens is 3. The number of nitrogens with zero attached hydrogens (tertiary/aromatic N) is 3. The van der Waals surface area contributed by atoms with Crippen LogP contribution in [0.15, 0.2) is 106 Å². The molecule has 3 atom stereocenters. The van der Waals surface area contributed by atoms with Gasteiger partial charge in [0.05, 0.1) is 0 Å². The number of aliphatic hydroxyl groups is 3. The van der Waals surface area contributed by atoms with Crippen LogP contribution in [0.2, 0.25) is 0 Å². The minimum Gasteiger partial charge on any atom is -0.378 e. The molecule has 0 fully saturated rings. The van der Waals surface area contributed by atoms with E-state index in [1.165, 1.54) is 0 Å². The SMILES string of the molecule is OC(Sc1nc(SC(O)c2ccccc2)nc(SC(O)c2ccccc2)n1)c1ccccc1. The normalized spacial score (nSPS) is 13.9. The van der Waals surface area contributed by atoms with E-state index >= 15 is 0 Å². The van der Waals surface area contributed by atoms with Gasteiger partial charge in [0.15, 0.2) is 15.5 Å². The highest BCUT2D eigenvalue weighted by Crippen LogP contribution is 2.37. The predicted molar refractivity (Wildman–Crippen MR) is 132 cm³/mol. The van der Waals surface area contributed by atoms with Crippen LogP contribution in [0.1, 0.15) is 33.0 Å². The van der Waals surface area contributed by atoms with E-state index in [2.05, 4.69) is 15.0 Å². The van der Waals surface area contributed by atoms with Crippen LogP contribution in [-0.2, 0) is 0 Å². The molecule has 0 aliphatic rings. The van der Waals surface area contributed by atoms with Crippen molar-refractivity contribution in [2.24, 2.45) is 0 Å². The average molecular weight is 496 g/mol. The summed E-state index contributed by atoms with van der Waals surface area (Å²) in [7, 11) is 0. The summed E-state index contributed by atoms with van der Waals surface area (Å²) in [6.07, 6.45) is 0. The molecule has 4 aromatic rings. The summed E-state index contributed by atoms with van der Waals surface area (Å²) in [5.74, 6) is 0. The maximum Gasteiger partial charge on any atom is 0.195 e. The van der Waals surface area contributed by atoms with Crippen LogP contribution in [0.5, 0.6) is 0 Å². The molecule has 6 nitrogen and oxygen atoms in total. The molecule has 4 rings (SSSR count). The van der Waals surface area contributed by atoms with Crippen molar-refractivity contribution in [3.63, 3.8) is 0 Å². The molecule has 0 aliphatic carbocycles. The maximum atomic E-state index is 10.6. The van der Waals surface area contributed by atoms with Crippen LogP contribution in [0.4, 0.5) is 0 Å². The van der Waals surface area contributed by atoms with E-state index in [0.29, 0.717) is 15.5 Å². The van der Waals surface area contributed by atoms with Crippen molar-refractivity contribution >= 4 is 35.3 Å². The van der Waals surface area contributed by atoms with E-state index in [1.807, 2.05) is 91.0 Å². The van der Waals surface area contributed by atoms with E-state index < -0.39 is 16.3 Å². The fourth-order valence-corrected chi connectivity index (χ4v) is 5.32. The van der Waals surface area contributed by atoms with Crippen molar-refractivity contribution in [3.05, 3.63) is 108 Å². The van der Waals surface area contributed by atoms with E-state index in [0.717, 1.165) is 52.0 Å². The van der Waals surface area contributed by atoms with Gasteiger partial charge in [0.2, 0.25) is 0 Å². The van der Waals surface area contributed by atoms with Gasteiger partial charge in [0.1, 0.15) is 16.3 Å². The molecule has 3 unspecified atom stereocenters. The van der Waals surface area contributed by atoms with Gasteiger partial charge in [-0.1, -0.05) is 91.0 Å². The first kappa shape index (κ1) is 23.7. The summed E-state index contributed by atoms with van der Waals surface area (Å²) in [5.41, 5.74) is -0.452. The zero-order chi connectivity index (χ0) is 23.0. The Bertz CT molecular complexity index is 996. The average Bonchev–Trinajstić information content (AvgIpc) is 2.85. The zero-order valence-electron chi connectivity index (χ0n) is 17.3. The van der Waals surface area contributed by atoms with Crippen molar-refractivity contribution in [2.45, 2.75) is 31.8 Å². The molecule has 1 aromatic heterocycles. The van der Waals surface area contributed by atoms with Crippen molar-refractivity contribution in [2.75, 3.05) is 0 Å². The lowest BCUT2D eigenvalue weighted by atomic mass is 10.2. The summed E-state index contributed by atoms with van der Waals surface area (Å²) in [5, 5.41) is 32.8. The molecular formula is C24H21N3O3S3. The number of hydrogen-bond donors (Lipinski definition) is 3. The molecule has 0 amide bonds. The molecule has 0 saturated carbocycles. The Kier molecular flexibility index (Phi) is 8.38. The summed E-state index contributed by atoms with van der Waals surface area (Å²) in [6, 6.07) is 27.7. The Labute approximate surface area is 204 Å². The van der Waals surface area contributed by atoms with Gasteiger partial charge in [0.25, 0.3) is 0 Å². The summed E-state index contributed by atoms with van der Waals surface area (Å²) in [4.78, 5) is 13.3. The Morgan fingerprint density at radius 1 is 0.424 bits per heavy atom. The minimum absolute atomic E-state index is 0.298. The first-order valence-corrected chi connectivity index (χ1v) is 12.7. The predicted octanol–water partition coefficient (Wildman–Crippen LogP) is 5.22. The Morgan fingerprint density at radius 3 is 0.909 bits per heavy atom. The lowest BCUT2D eigenvalue weighted by Crippen LogP contribution is -2.03. The van der Waals surface area contributed by atoms with Crippen LogP contribution >= 0.6 is 35.3 Å². The van der Waals surface area contributed by atoms with E-state index in [9.17, 15) is 15.3 Å². The van der Waals surface area contributed by atoms with Gasteiger partial charge in [-0.15, -0.1) is 0 Å². The van der Waals surface area contributed by atoms with Crippen molar-refractivity contribution in [1.29, 1.82) is 0 Å². The summed E-state index contributed by atoms with van der Waals surface area (Å²) in [6.45, 7) is 0. The third-order valence-electron chi connectivity index (χ3n) is 4.48. The molecular weight excluding hydrogens is 474 g/mol. The molecule has 0 spiro atoms. The fourth-order valence-electron chi connectivity index (χ4n) is 2.84. The maximum absolute atomic E-state index is 10.6. The minimum atomic E-state index is -0.873. The van der Waals surface area contributed by atoms with Crippen molar-refractivity contribution < 1.29 is 15.3 Å². The second-order valence-electron chi connectivity index (χ2n) is 6.83. The lowest BCUT2D eigenvalue weighted by Gasteiger charge is -2.14. The van der Waals surface area contributed by atoms with Crippen LogP contribution in [0, 0.1) is 0 Å². The second kappa shape index (κ2) is 11.6. The van der Waals surface area contributed by atoms with E-state index in [-0.39, 0.29) is 0 Å². The van der Waals surface area contributed by atoms with E-state index in [1.54, 1.807) is 0 Å². The fraction of sp³-hybridized carbons (Fsp3) is 0.125. The molecule has 33 heavy (non-hydrogen) atoms. The number of aliphatic hydroxyl groups excluding tert-OH is 3. The third-order valence-corrected chi connectivity index (χ3v) is 7.15. The molecule has 168 valence electrons. The topological polar surface area (TPSA) is 99.4 Å². The monoisotopic (exact) mass is 495 g/mol. The lowest BCUT2D eigenvalue weighted by molar-refractivity contribution is 0.268. The zero-order valence-corrected chi connectivity index (χ0v) is 19.7. The highest BCUT2D eigenvalue weighted by molar-refractivity contribution is 8.00. The largest absolute Gasteiger partial charge is 0.378 e. The summed E-state index contributed by atoms with van der Waals surface area (Å²) < 4.78 is 0. The first-order valence-electron chi connectivity index (χ1n) is 10.0. The molecule has 3 aromatic carbocycles. The van der Waals surface area contributed by atoms with Gasteiger partial charge in [-0.25, -0.2) is 0 Å². The second-order valence-corrected chi connectivity index (χ2v) is 9.97. The number of benzene rings is 3. The molecule has 0 bridgehead atoms.